The van der Waals surface area contributed by atoms with Crippen LogP contribution in [0.3, 0.4) is 0 Å². The van der Waals surface area contributed by atoms with Crippen molar-refractivity contribution >= 4 is 33.0 Å². The third kappa shape index (κ3) is 5.71. The number of anilines is 2. The quantitative estimate of drug-likeness (QED) is 0.528. The number of rotatable bonds is 8. The fourth-order valence-corrected chi connectivity index (χ4v) is 3.39. The molecular weight excluding hydrogens is 396 g/mol. The van der Waals surface area contributed by atoms with E-state index in [4.69, 9.17) is 0 Å². The Balaban J connectivity index is 2.00. The molecule has 0 saturated carbocycles. The molecule has 0 aliphatic heterocycles. The average molecular weight is 413 g/mol. The van der Waals surface area contributed by atoms with Crippen molar-refractivity contribution in [1.82, 2.24) is 0 Å². The van der Waals surface area contributed by atoms with Crippen LogP contribution in [0.4, 0.5) is 25.8 Å². The highest BCUT2D eigenvalue weighted by molar-refractivity contribution is 7.92. The zero-order valence-corrected chi connectivity index (χ0v) is 15.6. The molecule has 2 aromatic rings. The van der Waals surface area contributed by atoms with Crippen LogP contribution in [0, 0.1) is 21.7 Å². The minimum atomic E-state index is -3.78. The molecule has 0 bridgehead atoms. The standard InChI is InChI=1S/C17H17F2N3O5S/c1-28(26,27)21(13-7-8-15(18)16(19)11-13)9-3-6-17(23)20-12-4-2-5-14(10-12)22(24)25/h2,4-5,7-8,10-11H,3,6,9H2,1H3,(H,20,23). The number of nitrogens with one attached hydrogen (secondary N) is 1. The molecule has 2 rings (SSSR count). The Bertz CT molecular complexity index is 998. The lowest BCUT2D eigenvalue weighted by Gasteiger charge is -2.22. The number of halogens is 2. The molecule has 0 spiro atoms. The summed E-state index contributed by atoms with van der Waals surface area (Å²) in [5.74, 6) is -2.76. The predicted molar refractivity (Wildman–Crippen MR) is 99.5 cm³/mol. The molecule has 0 aliphatic rings. The van der Waals surface area contributed by atoms with Gasteiger partial charge in [-0.25, -0.2) is 17.2 Å². The number of amides is 1. The summed E-state index contributed by atoms with van der Waals surface area (Å²) in [5, 5.41) is 13.2. The number of sulfonamides is 1. The summed E-state index contributed by atoms with van der Waals surface area (Å²) in [5.41, 5.74) is -0.000319. The first-order valence-electron chi connectivity index (χ1n) is 8.05. The number of hydrogen-bond donors (Lipinski definition) is 1. The first-order chi connectivity index (χ1) is 13.1. The van der Waals surface area contributed by atoms with Crippen LogP contribution in [-0.4, -0.2) is 32.0 Å². The van der Waals surface area contributed by atoms with E-state index in [1.54, 1.807) is 0 Å². The van der Waals surface area contributed by atoms with Gasteiger partial charge in [0.2, 0.25) is 15.9 Å². The topological polar surface area (TPSA) is 110 Å². The second-order valence-electron chi connectivity index (χ2n) is 5.89. The Morgan fingerprint density at radius 2 is 1.89 bits per heavy atom. The van der Waals surface area contributed by atoms with Crippen LogP contribution in [0.5, 0.6) is 0 Å². The maximum atomic E-state index is 13.4. The third-order valence-electron chi connectivity index (χ3n) is 3.70. The van der Waals surface area contributed by atoms with Gasteiger partial charge in [-0.05, 0) is 24.6 Å². The highest BCUT2D eigenvalue weighted by Gasteiger charge is 2.19. The Morgan fingerprint density at radius 3 is 2.50 bits per heavy atom. The smallest absolute Gasteiger partial charge is 0.271 e. The van der Waals surface area contributed by atoms with Gasteiger partial charge in [0.15, 0.2) is 11.6 Å². The fourth-order valence-electron chi connectivity index (χ4n) is 2.43. The van der Waals surface area contributed by atoms with Crippen molar-refractivity contribution in [3.05, 3.63) is 64.2 Å². The van der Waals surface area contributed by atoms with Gasteiger partial charge in [-0.15, -0.1) is 0 Å². The Labute approximate surface area is 160 Å². The van der Waals surface area contributed by atoms with Gasteiger partial charge in [-0.2, -0.15) is 0 Å². The number of benzene rings is 2. The molecule has 28 heavy (non-hydrogen) atoms. The minimum Gasteiger partial charge on any atom is -0.326 e. The molecule has 8 nitrogen and oxygen atoms in total. The number of nitro benzene ring substituents is 1. The van der Waals surface area contributed by atoms with E-state index in [1.165, 1.54) is 24.3 Å². The molecule has 11 heteroatoms. The zero-order valence-electron chi connectivity index (χ0n) is 14.8. The van der Waals surface area contributed by atoms with E-state index in [9.17, 15) is 32.1 Å². The van der Waals surface area contributed by atoms with E-state index < -0.39 is 32.5 Å². The summed E-state index contributed by atoms with van der Waals surface area (Å²) in [4.78, 5) is 22.1. The van der Waals surface area contributed by atoms with Crippen LogP contribution in [0.25, 0.3) is 0 Å². The van der Waals surface area contributed by atoms with Crippen molar-refractivity contribution in [1.29, 1.82) is 0 Å². The molecule has 1 N–H and O–H groups in total. The Hall–Kier alpha value is -3.08. The summed E-state index contributed by atoms with van der Waals surface area (Å²) >= 11 is 0. The van der Waals surface area contributed by atoms with Gasteiger partial charge in [0.25, 0.3) is 5.69 Å². The molecule has 150 valence electrons. The van der Waals surface area contributed by atoms with Crippen LogP contribution in [0.2, 0.25) is 0 Å². The van der Waals surface area contributed by atoms with Crippen molar-refractivity contribution < 1.29 is 26.9 Å². The normalized spacial score (nSPS) is 11.1. The second-order valence-corrected chi connectivity index (χ2v) is 7.80. The highest BCUT2D eigenvalue weighted by Crippen LogP contribution is 2.21. The van der Waals surface area contributed by atoms with Crippen LogP contribution < -0.4 is 9.62 Å². The molecule has 0 aromatic heterocycles. The summed E-state index contributed by atoms with van der Waals surface area (Å²) in [6, 6.07) is 8.08. The van der Waals surface area contributed by atoms with Crippen molar-refractivity contribution in [3.8, 4) is 0 Å². The highest BCUT2D eigenvalue weighted by atomic mass is 32.2. The molecule has 0 saturated heterocycles. The number of hydrogen-bond acceptors (Lipinski definition) is 5. The average Bonchev–Trinajstić information content (AvgIpc) is 2.60. The number of carbonyl (C=O) groups is 1. The molecule has 0 radical (unpaired) electrons. The van der Waals surface area contributed by atoms with Crippen molar-refractivity contribution in [2.45, 2.75) is 12.8 Å². The van der Waals surface area contributed by atoms with Crippen molar-refractivity contribution in [2.24, 2.45) is 0 Å². The molecule has 0 fully saturated rings. The molecule has 1 amide bonds. The van der Waals surface area contributed by atoms with Gasteiger partial charge in [0.1, 0.15) is 0 Å². The zero-order chi connectivity index (χ0) is 20.9. The van der Waals surface area contributed by atoms with Gasteiger partial charge in [-0.1, -0.05) is 6.07 Å². The Morgan fingerprint density at radius 1 is 1.18 bits per heavy atom. The van der Waals surface area contributed by atoms with E-state index in [2.05, 4.69) is 5.32 Å². The summed E-state index contributed by atoms with van der Waals surface area (Å²) in [6.07, 6.45) is 0.919. The molecule has 0 aliphatic carbocycles. The molecule has 0 heterocycles. The number of non-ortho nitro benzene ring substituents is 1. The number of nitrogens with zero attached hydrogens (tertiary/aromatic N) is 2. The summed E-state index contributed by atoms with van der Waals surface area (Å²) in [6.45, 7) is -0.133. The van der Waals surface area contributed by atoms with E-state index >= 15 is 0 Å². The largest absolute Gasteiger partial charge is 0.326 e. The second kappa shape index (κ2) is 8.74. The number of carbonyl (C=O) groups excluding carboxylic acids is 1. The van der Waals surface area contributed by atoms with Crippen molar-refractivity contribution in [3.63, 3.8) is 0 Å². The van der Waals surface area contributed by atoms with Crippen LogP contribution in [0.1, 0.15) is 12.8 Å². The predicted octanol–water partition coefficient (Wildman–Crippen LogP) is 3.06. The maximum absolute atomic E-state index is 13.4. The lowest BCUT2D eigenvalue weighted by Crippen LogP contribution is -2.31. The van der Waals surface area contributed by atoms with E-state index in [1.807, 2.05) is 0 Å². The summed E-state index contributed by atoms with van der Waals surface area (Å²) in [7, 11) is -3.78. The lowest BCUT2D eigenvalue weighted by molar-refractivity contribution is -0.384. The number of nitro groups is 1. The molecule has 0 atom stereocenters. The van der Waals surface area contributed by atoms with Gasteiger partial charge in [0, 0.05) is 36.9 Å². The van der Waals surface area contributed by atoms with E-state index in [0.29, 0.717) is 0 Å². The monoisotopic (exact) mass is 413 g/mol. The molecule has 2 aromatic carbocycles. The van der Waals surface area contributed by atoms with Gasteiger partial charge < -0.3 is 5.32 Å². The first kappa shape index (κ1) is 21.2. The third-order valence-corrected chi connectivity index (χ3v) is 4.89. The van der Waals surface area contributed by atoms with Crippen LogP contribution in [0.15, 0.2) is 42.5 Å². The van der Waals surface area contributed by atoms with Crippen molar-refractivity contribution in [2.75, 3.05) is 22.4 Å². The van der Waals surface area contributed by atoms with Crippen LogP contribution >= 0.6 is 0 Å². The Kier molecular flexibility index (Phi) is 6.62. The maximum Gasteiger partial charge on any atom is 0.271 e. The SMILES string of the molecule is CS(=O)(=O)N(CCCC(=O)Nc1cccc([N+](=O)[O-])c1)c1ccc(F)c(F)c1. The van der Waals surface area contributed by atoms with Gasteiger partial charge >= 0.3 is 0 Å². The van der Waals surface area contributed by atoms with Gasteiger partial charge in [0.05, 0.1) is 16.9 Å². The molecular formula is C17H17F2N3O5S. The van der Waals surface area contributed by atoms with Crippen LogP contribution in [-0.2, 0) is 14.8 Å². The van der Waals surface area contributed by atoms with Gasteiger partial charge in [-0.3, -0.25) is 19.2 Å². The fraction of sp³-hybridized carbons (Fsp3) is 0.235. The molecule has 0 unspecified atom stereocenters. The minimum absolute atomic E-state index is 0.0551. The first-order valence-corrected chi connectivity index (χ1v) is 9.90. The van der Waals surface area contributed by atoms with E-state index in [0.717, 1.165) is 28.8 Å². The summed E-state index contributed by atoms with van der Waals surface area (Å²) < 4.78 is 51.2. The lowest BCUT2D eigenvalue weighted by atomic mass is 10.2. The van der Waals surface area contributed by atoms with E-state index in [-0.39, 0.29) is 36.4 Å².